The van der Waals surface area contributed by atoms with Crippen molar-refractivity contribution >= 4 is 17.5 Å². The van der Waals surface area contributed by atoms with E-state index in [9.17, 15) is 9.18 Å². The Labute approximate surface area is 151 Å². The van der Waals surface area contributed by atoms with Crippen LogP contribution in [0.5, 0.6) is 0 Å². The summed E-state index contributed by atoms with van der Waals surface area (Å²) >= 11 is 0. The topological polar surface area (TPSA) is 66.9 Å². The van der Waals surface area contributed by atoms with Crippen LogP contribution in [-0.2, 0) is 6.54 Å². The molecule has 0 aliphatic rings. The molecule has 0 bridgehead atoms. The van der Waals surface area contributed by atoms with Gasteiger partial charge < -0.3 is 10.6 Å². The number of halogens is 1. The summed E-state index contributed by atoms with van der Waals surface area (Å²) in [7, 11) is 0. The highest BCUT2D eigenvalue weighted by atomic mass is 19.1. The van der Waals surface area contributed by atoms with Crippen molar-refractivity contribution in [3.05, 3.63) is 82.9 Å². The van der Waals surface area contributed by atoms with E-state index in [2.05, 4.69) is 20.6 Å². The monoisotopic (exact) mass is 350 g/mol. The summed E-state index contributed by atoms with van der Waals surface area (Å²) in [5.74, 6) is -0.246. The second-order valence-electron chi connectivity index (χ2n) is 5.95. The molecule has 2 aromatic carbocycles. The molecule has 0 aliphatic heterocycles. The Morgan fingerprint density at radius 2 is 1.85 bits per heavy atom. The number of benzene rings is 2. The van der Waals surface area contributed by atoms with Gasteiger partial charge in [0.15, 0.2) is 0 Å². The van der Waals surface area contributed by atoms with E-state index in [1.54, 1.807) is 18.2 Å². The largest absolute Gasteiger partial charge is 0.350 e. The first-order valence-corrected chi connectivity index (χ1v) is 8.22. The Balaban J connectivity index is 1.69. The van der Waals surface area contributed by atoms with Crippen LogP contribution in [0, 0.1) is 19.7 Å². The van der Waals surface area contributed by atoms with Gasteiger partial charge in [-0.2, -0.15) is 0 Å². The van der Waals surface area contributed by atoms with E-state index in [0.29, 0.717) is 12.5 Å². The summed E-state index contributed by atoms with van der Waals surface area (Å²) in [6.45, 7) is 4.39. The fraction of sp³-hybridized carbons (Fsp3) is 0.150. The van der Waals surface area contributed by atoms with Gasteiger partial charge in [0.2, 0.25) is 5.95 Å². The molecule has 132 valence electrons. The van der Waals surface area contributed by atoms with Crippen LogP contribution in [0.4, 0.5) is 16.0 Å². The summed E-state index contributed by atoms with van der Waals surface area (Å²) in [5, 5.41) is 5.91. The molecule has 1 heterocycles. The summed E-state index contributed by atoms with van der Waals surface area (Å²) < 4.78 is 12.9. The van der Waals surface area contributed by atoms with Crippen molar-refractivity contribution in [3.63, 3.8) is 0 Å². The minimum atomic E-state index is -0.300. The number of carbonyl (C=O) groups excluding carboxylic acids is 1. The molecule has 0 saturated heterocycles. The van der Waals surface area contributed by atoms with Gasteiger partial charge in [-0.15, -0.1) is 0 Å². The maximum Gasteiger partial charge on any atom is 0.274 e. The van der Waals surface area contributed by atoms with Crippen molar-refractivity contribution < 1.29 is 9.18 Å². The van der Waals surface area contributed by atoms with Gasteiger partial charge in [0, 0.05) is 18.4 Å². The van der Waals surface area contributed by atoms with E-state index >= 15 is 0 Å². The highest BCUT2D eigenvalue weighted by Crippen LogP contribution is 2.18. The number of amides is 1. The van der Waals surface area contributed by atoms with Crippen LogP contribution in [-0.4, -0.2) is 15.9 Å². The molecule has 1 amide bonds. The predicted octanol–water partition coefficient (Wildman–Crippen LogP) is 4.10. The maximum atomic E-state index is 12.9. The quantitative estimate of drug-likeness (QED) is 0.727. The molecule has 3 aromatic rings. The molecule has 0 saturated carbocycles. The Morgan fingerprint density at radius 1 is 1.08 bits per heavy atom. The number of rotatable bonds is 5. The van der Waals surface area contributed by atoms with Crippen LogP contribution < -0.4 is 10.6 Å². The molecule has 0 unspecified atom stereocenters. The smallest absolute Gasteiger partial charge is 0.274 e. The Morgan fingerprint density at radius 3 is 2.62 bits per heavy atom. The first kappa shape index (κ1) is 17.5. The molecule has 0 radical (unpaired) electrons. The Hall–Kier alpha value is -3.28. The van der Waals surface area contributed by atoms with Crippen LogP contribution in [0.15, 0.2) is 54.7 Å². The maximum absolute atomic E-state index is 12.9. The lowest BCUT2D eigenvalue weighted by Crippen LogP contribution is -2.16. The molecule has 3 rings (SSSR count). The number of nitrogens with one attached hydrogen (secondary N) is 2. The van der Waals surface area contributed by atoms with Crippen LogP contribution in [0.25, 0.3) is 0 Å². The summed E-state index contributed by atoms with van der Waals surface area (Å²) in [4.78, 5) is 20.8. The van der Waals surface area contributed by atoms with Gasteiger partial charge in [-0.05, 0) is 54.8 Å². The number of hydrogen-bond acceptors (Lipinski definition) is 4. The fourth-order valence-corrected chi connectivity index (χ4v) is 2.43. The molecular formula is C20H19FN4O. The molecule has 0 spiro atoms. The zero-order valence-corrected chi connectivity index (χ0v) is 14.6. The van der Waals surface area contributed by atoms with Crippen molar-refractivity contribution in [3.8, 4) is 0 Å². The van der Waals surface area contributed by atoms with Gasteiger partial charge in [0.1, 0.15) is 11.5 Å². The van der Waals surface area contributed by atoms with E-state index in [4.69, 9.17) is 0 Å². The summed E-state index contributed by atoms with van der Waals surface area (Å²) in [6, 6.07) is 13.5. The number of hydrogen-bond donors (Lipinski definition) is 2. The molecule has 1 aromatic heterocycles. The predicted molar refractivity (Wildman–Crippen MR) is 99.6 cm³/mol. The number of carbonyl (C=O) groups is 1. The van der Waals surface area contributed by atoms with Crippen LogP contribution in [0.3, 0.4) is 0 Å². The van der Waals surface area contributed by atoms with Gasteiger partial charge in [0.05, 0.1) is 0 Å². The van der Waals surface area contributed by atoms with Crippen LogP contribution in [0.2, 0.25) is 0 Å². The standard InChI is InChI=1S/C20H19FN4O/c1-13-4-3-5-17(14(13)2)24-19(26)18-10-11-22-20(25-18)23-12-15-6-8-16(21)9-7-15/h3-11H,12H2,1-2H3,(H,24,26)(H,22,23,25). The van der Waals surface area contributed by atoms with Crippen molar-refractivity contribution in [2.24, 2.45) is 0 Å². The average Bonchev–Trinajstić information content (AvgIpc) is 2.65. The normalized spacial score (nSPS) is 10.4. The minimum absolute atomic E-state index is 0.266. The van der Waals surface area contributed by atoms with Crippen molar-refractivity contribution in [2.45, 2.75) is 20.4 Å². The summed E-state index contributed by atoms with van der Waals surface area (Å²) in [5.41, 5.74) is 4.04. The lowest BCUT2D eigenvalue weighted by atomic mass is 10.1. The van der Waals surface area contributed by atoms with Gasteiger partial charge >= 0.3 is 0 Å². The van der Waals surface area contributed by atoms with E-state index in [0.717, 1.165) is 22.4 Å². The average molecular weight is 350 g/mol. The van der Waals surface area contributed by atoms with Crippen molar-refractivity contribution in [1.29, 1.82) is 0 Å². The van der Waals surface area contributed by atoms with Crippen molar-refractivity contribution in [1.82, 2.24) is 9.97 Å². The first-order chi connectivity index (χ1) is 12.5. The third-order valence-electron chi connectivity index (χ3n) is 4.10. The lowest BCUT2D eigenvalue weighted by molar-refractivity contribution is 0.102. The van der Waals surface area contributed by atoms with Gasteiger partial charge in [-0.25, -0.2) is 14.4 Å². The zero-order chi connectivity index (χ0) is 18.5. The van der Waals surface area contributed by atoms with E-state index in [-0.39, 0.29) is 17.4 Å². The molecule has 5 nitrogen and oxygen atoms in total. The summed E-state index contributed by atoms with van der Waals surface area (Å²) in [6.07, 6.45) is 1.53. The Kier molecular flexibility index (Phi) is 5.22. The highest BCUT2D eigenvalue weighted by Gasteiger charge is 2.11. The molecular weight excluding hydrogens is 331 g/mol. The van der Waals surface area contributed by atoms with E-state index < -0.39 is 0 Å². The zero-order valence-electron chi connectivity index (χ0n) is 14.6. The van der Waals surface area contributed by atoms with E-state index in [1.165, 1.54) is 18.3 Å². The van der Waals surface area contributed by atoms with Crippen molar-refractivity contribution in [2.75, 3.05) is 10.6 Å². The van der Waals surface area contributed by atoms with Crippen LogP contribution >= 0.6 is 0 Å². The number of nitrogens with zero attached hydrogens (tertiary/aromatic N) is 2. The Bertz CT molecular complexity index is 925. The van der Waals surface area contributed by atoms with Gasteiger partial charge in [-0.1, -0.05) is 24.3 Å². The fourth-order valence-electron chi connectivity index (χ4n) is 2.43. The lowest BCUT2D eigenvalue weighted by Gasteiger charge is -2.10. The molecule has 0 atom stereocenters. The number of aryl methyl sites for hydroxylation is 1. The highest BCUT2D eigenvalue weighted by molar-refractivity contribution is 6.03. The second-order valence-corrected chi connectivity index (χ2v) is 5.95. The van der Waals surface area contributed by atoms with Gasteiger partial charge in [-0.3, -0.25) is 4.79 Å². The third kappa shape index (κ3) is 4.22. The van der Waals surface area contributed by atoms with E-state index in [1.807, 2.05) is 32.0 Å². The van der Waals surface area contributed by atoms with Gasteiger partial charge in [0.25, 0.3) is 5.91 Å². The number of aromatic nitrogens is 2. The first-order valence-electron chi connectivity index (χ1n) is 8.22. The molecule has 0 fully saturated rings. The van der Waals surface area contributed by atoms with Crippen LogP contribution in [0.1, 0.15) is 27.2 Å². The molecule has 6 heteroatoms. The number of anilines is 2. The molecule has 2 N–H and O–H groups in total. The third-order valence-corrected chi connectivity index (χ3v) is 4.10. The molecule has 0 aliphatic carbocycles. The SMILES string of the molecule is Cc1cccc(NC(=O)c2ccnc(NCc3ccc(F)cc3)n2)c1C. The second kappa shape index (κ2) is 7.74. The molecule has 26 heavy (non-hydrogen) atoms. The minimum Gasteiger partial charge on any atom is -0.350 e.